The first-order chi connectivity index (χ1) is 7.54. The molecule has 0 amide bonds. The Balaban J connectivity index is 2.72. The Bertz CT molecular complexity index is 377. The number of esters is 1. The van der Waals surface area contributed by atoms with Crippen LogP contribution in [0.15, 0.2) is 18.2 Å². The summed E-state index contributed by atoms with van der Waals surface area (Å²) in [7, 11) is 0. The van der Waals surface area contributed by atoms with Crippen LogP contribution in [-0.4, -0.2) is 17.7 Å². The van der Waals surface area contributed by atoms with Gasteiger partial charge in [0.2, 0.25) is 0 Å². The number of hydrogen-bond acceptors (Lipinski definition) is 4. The SMILES string of the molecule is CCOC(=O)C[C@H](N)c1ccc(C)cc1O. The Labute approximate surface area is 95.0 Å². The van der Waals surface area contributed by atoms with E-state index in [1.165, 1.54) is 0 Å². The monoisotopic (exact) mass is 223 g/mol. The van der Waals surface area contributed by atoms with Gasteiger partial charge >= 0.3 is 5.97 Å². The number of phenols is 1. The predicted molar refractivity (Wildman–Crippen MR) is 61.0 cm³/mol. The van der Waals surface area contributed by atoms with Crippen molar-refractivity contribution in [2.75, 3.05) is 6.61 Å². The Morgan fingerprint density at radius 2 is 2.25 bits per heavy atom. The third-order valence-electron chi connectivity index (χ3n) is 2.28. The van der Waals surface area contributed by atoms with Gasteiger partial charge < -0.3 is 15.6 Å². The molecule has 0 aliphatic rings. The molecule has 1 rings (SSSR count). The fourth-order valence-electron chi connectivity index (χ4n) is 1.48. The van der Waals surface area contributed by atoms with Gasteiger partial charge in [-0.1, -0.05) is 12.1 Å². The van der Waals surface area contributed by atoms with Gasteiger partial charge in [-0.05, 0) is 25.5 Å². The van der Waals surface area contributed by atoms with Crippen molar-refractivity contribution in [3.8, 4) is 5.75 Å². The average Bonchev–Trinajstić information content (AvgIpc) is 2.17. The van der Waals surface area contributed by atoms with Gasteiger partial charge in [0.15, 0.2) is 0 Å². The minimum absolute atomic E-state index is 0.0739. The summed E-state index contributed by atoms with van der Waals surface area (Å²) in [6, 6.07) is 4.68. The quantitative estimate of drug-likeness (QED) is 0.761. The van der Waals surface area contributed by atoms with Crippen LogP contribution in [0.2, 0.25) is 0 Å². The molecule has 0 aromatic heterocycles. The number of nitrogens with two attached hydrogens (primary N) is 1. The first-order valence-electron chi connectivity index (χ1n) is 5.25. The molecule has 0 saturated carbocycles. The second kappa shape index (κ2) is 5.51. The largest absolute Gasteiger partial charge is 0.508 e. The molecule has 1 atom stereocenters. The van der Waals surface area contributed by atoms with Crippen LogP contribution in [0.1, 0.15) is 30.5 Å². The van der Waals surface area contributed by atoms with Gasteiger partial charge in [0, 0.05) is 11.6 Å². The minimum atomic E-state index is -0.528. The highest BCUT2D eigenvalue weighted by Gasteiger charge is 2.15. The first-order valence-corrected chi connectivity index (χ1v) is 5.25. The topological polar surface area (TPSA) is 72.5 Å². The number of benzene rings is 1. The number of hydrogen-bond donors (Lipinski definition) is 2. The lowest BCUT2D eigenvalue weighted by Gasteiger charge is -2.13. The molecule has 0 aliphatic heterocycles. The summed E-state index contributed by atoms with van der Waals surface area (Å²) in [5.74, 6) is -0.230. The van der Waals surface area contributed by atoms with E-state index in [9.17, 15) is 9.90 Å². The molecule has 0 bridgehead atoms. The van der Waals surface area contributed by atoms with Gasteiger partial charge in [-0.15, -0.1) is 0 Å². The zero-order valence-corrected chi connectivity index (χ0v) is 9.56. The molecule has 0 aliphatic carbocycles. The van der Waals surface area contributed by atoms with Crippen molar-refractivity contribution in [3.63, 3.8) is 0 Å². The predicted octanol–water partition coefficient (Wildman–Crippen LogP) is 1.65. The Hall–Kier alpha value is -1.55. The Kier molecular flexibility index (Phi) is 4.31. The van der Waals surface area contributed by atoms with Crippen LogP contribution in [0.5, 0.6) is 5.75 Å². The van der Waals surface area contributed by atoms with Gasteiger partial charge in [0.1, 0.15) is 5.75 Å². The molecule has 4 nitrogen and oxygen atoms in total. The molecule has 1 aromatic carbocycles. The van der Waals surface area contributed by atoms with E-state index in [0.29, 0.717) is 12.2 Å². The van der Waals surface area contributed by atoms with E-state index in [4.69, 9.17) is 10.5 Å². The first kappa shape index (κ1) is 12.5. The molecular weight excluding hydrogens is 206 g/mol. The molecule has 0 saturated heterocycles. The number of phenolic OH excluding ortho intramolecular Hbond substituents is 1. The second-order valence-corrected chi connectivity index (χ2v) is 3.68. The molecule has 88 valence electrons. The van der Waals surface area contributed by atoms with Gasteiger partial charge in [-0.2, -0.15) is 0 Å². The van der Waals surface area contributed by atoms with E-state index < -0.39 is 6.04 Å². The highest BCUT2D eigenvalue weighted by molar-refractivity contribution is 5.70. The molecule has 0 spiro atoms. The maximum atomic E-state index is 11.2. The van der Waals surface area contributed by atoms with E-state index in [2.05, 4.69) is 0 Å². The van der Waals surface area contributed by atoms with E-state index >= 15 is 0 Å². The molecule has 16 heavy (non-hydrogen) atoms. The number of rotatable bonds is 4. The van der Waals surface area contributed by atoms with Gasteiger partial charge in [0.05, 0.1) is 13.0 Å². The fraction of sp³-hybridized carbons (Fsp3) is 0.417. The van der Waals surface area contributed by atoms with Crippen molar-refractivity contribution >= 4 is 5.97 Å². The van der Waals surface area contributed by atoms with Gasteiger partial charge in [-0.25, -0.2) is 0 Å². The van der Waals surface area contributed by atoms with Crippen LogP contribution >= 0.6 is 0 Å². The normalized spacial score (nSPS) is 12.2. The van der Waals surface area contributed by atoms with Crippen molar-refractivity contribution in [3.05, 3.63) is 29.3 Å². The van der Waals surface area contributed by atoms with Crippen molar-refractivity contribution in [1.82, 2.24) is 0 Å². The molecule has 1 aromatic rings. The summed E-state index contributed by atoms with van der Waals surface area (Å²) >= 11 is 0. The molecule has 0 fully saturated rings. The Morgan fingerprint density at radius 3 is 2.81 bits per heavy atom. The molecule has 4 heteroatoms. The van der Waals surface area contributed by atoms with Crippen LogP contribution in [0, 0.1) is 6.92 Å². The van der Waals surface area contributed by atoms with Gasteiger partial charge in [0.25, 0.3) is 0 Å². The molecule has 0 radical (unpaired) electrons. The van der Waals surface area contributed by atoms with Crippen molar-refractivity contribution in [1.29, 1.82) is 0 Å². The molecule has 0 heterocycles. The summed E-state index contributed by atoms with van der Waals surface area (Å²) < 4.78 is 4.80. The standard InChI is InChI=1S/C12H17NO3/c1-3-16-12(15)7-10(13)9-5-4-8(2)6-11(9)14/h4-6,10,14H,3,7,13H2,1-2H3/t10-/m0/s1. The Morgan fingerprint density at radius 1 is 1.56 bits per heavy atom. The van der Waals surface area contributed by atoms with Crippen LogP contribution in [0.3, 0.4) is 0 Å². The zero-order valence-electron chi connectivity index (χ0n) is 9.56. The highest BCUT2D eigenvalue weighted by atomic mass is 16.5. The van der Waals surface area contributed by atoms with Crippen LogP contribution in [-0.2, 0) is 9.53 Å². The summed E-state index contributed by atoms with van der Waals surface area (Å²) in [5, 5.41) is 9.67. The second-order valence-electron chi connectivity index (χ2n) is 3.68. The van der Waals surface area contributed by atoms with Crippen LogP contribution in [0.25, 0.3) is 0 Å². The maximum Gasteiger partial charge on any atom is 0.307 e. The summed E-state index contributed by atoms with van der Waals surface area (Å²) in [4.78, 5) is 11.2. The van der Waals surface area contributed by atoms with Gasteiger partial charge in [-0.3, -0.25) is 4.79 Å². The number of aromatic hydroxyl groups is 1. The lowest BCUT2D eigenvalue weighted by Crippen LogP contribution is -2.17. The zero-order chi connectivity index (χ0) is 12.1. The van der Waals surface area contributed by atoms with Crippen LogP contribution < -0.4 is 5.73 Å². The minimum Gasteiger partial charge on any atom is -0.508 e. The highest BCUT2D eigenvalue weighted by Crippen LogP contribution is 2.25. The van der Waals surface area contributed by atoms with Crippen molar-refractivity contribution in [2.24, 2.45) is 5.73 Å². The fourth-order valence-corrected chi connectivity index (χ4v) is 1.48. The third-order valence-corrected chi connectivity index (χ3v) is 2.28. The maximum absolute atomic E-state index is 11.2. The molecule has 3 N–H and O–H groups in total. The number of carbonyl (C=O) groups excluding carboxylic acids is 1. The summed E-state index contributed by atoms with van der Waals surface area (Å²) in [6.45, 7) is 3.96. The lowest BCUT2D eigenvalue weighted by atomic mass is 10.0. The summed E-state index contributed by atoms with van der Waals surface area (Å²) in [6.07, 6.45) is 0.0739. The molecular formula is C12H17NO3. The van der Waals surface area contributed by atoms with Crippen molar-refractivity contribution in [2.45, 2.75) is 26.3 Å². The smallest absolute Gasteiger partial charge is 0.307 e. The number of carbonyl (C=O) groups is 1. The van der Waals surface area contributed by atoms with E-state index in [1.807, 2.05) is 13.0 Å². The average molecular weight is 223 g/mol. The van der Waals surface area contributed by atoms with E-state index in [0.717, 1.165) is 5.56 Å². The molecule has 0 unspecified atom stereocenters. The van der Waals surface area contributed by atoms with Crippen molar-refractivity contribution < 1.29 is 14.6 Å². The number of aryl methyl sites for hydroxylation is 1. The van der Waals surface area contributed by atoms with E-state index in [1.54, 1.807) is 19.1 Å². The number of ether oxygens (including phenoxy) is 1. The lowest BCUT2D eigenvalue weighted by molar-refractivity contribution is -0.143. The summed E-state index contributed by atoms with van der Waals surface area (Å²) in [5.41, 5.74) is 7.33. The van der Waals surface area contributed by atoms with Crippen LogP contribution in [0.4, 0.5) is 0 Å². The third kappa shape index (κ3) is 3.24. The van der Waals surface area contributed by atoms with E-state index in [-0.39, 0.29) is 18.1 Å².